The SMILES string of the molecule is COc1cccc(-c2cn3ccc(N(C)CCF)nc3n2)c1. The van der Waals surface area contributed by atoms with Crippen molar-refractivity contribution in [2.45, 2.75) is 0 Å². The van der Waals surface area contributed by atoms with E-state index in [-0.39, 0.29) is 0 Å². The van der Waals surface area contributed by atoms with Gasteiger partial charge in [0.25, 0.3) is 0 Å². The van der Waals surface area contributed by atoms with Gasteiger partial charge in [-0.05, 0) is 18.2 Å². The van der Waals surface area contributed by atoms with Crippen LogP contribution >= 0.6 is 0 Å². The molecular weight excluding hydrogens is 283 g/mol. The third-order valence-electron chi connectivity index (χ3n) is 3.49. The Bertz CT molecular complexity index is 787. The predicted molar refractivity (Wildman–Crippen MR) is 84.2 cm³/mol. The molecule has 5 nitrogen and oxygen atoms in total. The Balaban J connectivity index is 1.98. The first-order valence-corrected chi connectivity index (χ1v) is 6.98. The van der Waals surface area contributed by atoms with Crippen molar-refractivity contribution in [2.24, 2.45) is 0 Å². The second kappa shape index (κ2) is 6.01. The summed E-state index contributed by atoms with van der Waals surface area (Å²) in [5, 5.41) is 0. The zero-order valence-electron chi connectivity index (χ0n) is 12.5. The molecule has 3 rings (SSSR count). The van der Waals surface area contributed by atoms with Crippen LogP contribution in [-0.2, 0) is 0 Å². The van der Waals surface area contributed by atoms with Gasteiger partial charge in [0.15, 0.2) is 0 Å². The Kier molecular flexibility index (Phi) is 3.91. The summed E-state index contributed by atoms with van der Waals surface area (Å²) in [6, 6.07) is 9.56. The molecule has 0 spiro atoms. The number of hydrogen-bond acceptors (Lipinski definition) is 4. The summed E-state index contributed by atoms with van der Waals surface area (Å²) in [6.07, 6.45) is 3.79. The van der Waals surface area contributed by atoms with Gasteiger partial charge in [0.2, 0.25) is 5.78 Å². The number of nitrogens with zero attached hydrogens (tertiary/aromatic N) is 4. The molecule has 0 bridgehead atoms. The van der Waals surface area contributed by atoms with Gasteiger partial charge in [-0.1, -0.05) is 12.1 Å². The first-order valence-electron chi connectivity index (χ1n) is 6.98. The van der Waals surface area contributed by atoms with Crippen molar-refractivity contribution >= 4 is 11.6 Å². The highest BCUT2D eigenvalue weighted by Crippen LogP contribution is 2.23. The van der Waals surface area contributed by atoms with E-state index in [4.69, 9.17) is 4.74 Å². The Morgan fingerprint density at radius 3 is 2.91 bits per heavy atom. The van der Waals surface area contributed by atoms with Crippen molar-refractivity contribution in [3.8, 4) is 17.0 Å². The molecular formula is C16H17FN4O. The lowest BCUT2D eigenvalue weighted by atomic mass is 10.1. The minimum absolute atomic E-state index is 0.312. The summed E-state index contributed by atoms with van der Waals surface area (Å²) >= 11 is 0. The predicted octanol–water partition coefficient (Wildman–Crippen LogP) is 2.81. The van der Waals surface area contributed by atoms with Crippen molar-refractivity contribution in [1.82, 2.24) is 14.4 Å². The molecule has 2 aromatic heterocycles. The Labute approximate surface area is 128 Å². The maximum Gasteiger partial charge on any atom is 0.236 e. The lowest BCUT2D eigenvalue weighted by molar-refractivity contribution is 0.415. The maximum atomic E-state index is 12.4. The average Bonchev–Trinajstić information content (AvgIpc) is 2.98. The van der Waals surface area contributed by atoms with Crippen molar-refractivity contribution in [3.63, 3.8) is 0 Å². The molecule has 0 aliphatic rings. The second-order valence-electron chi connectivity index (χ2n) is 4.96. The topological polar surface area (TPSA) is 42.7 Å². The largest absolute Gasteiger partial charge is 0.497 e. The van der Waals surface area contributed by atoms with Crippen LogP contribution in [0.5, 0.6) is 5.75 Å². The number of aromatic nitrogens is 3. The molecule has 0 amide bonds. The molecule has 0 saturated heterocycles. The van der Waals surface area contributed by atoms with E-state index in [2.05, 4.69) is 9.97 Å². The molecule has 1 aromatic carbocycles. The molecule has 0 saturated carbocycles. The molecule has 0 atom stereocenters. The van der Waals surface area contributed by atoms with Crippen molar-refractivity contribution in [2.75, 3.05) is 32.3 Å². The van der Waals surface area contributed by atoms with Gasteiger partial charge >= 0.3 is 0 Å². The highest BCUT2D eigenvalue weighted by molar-refractivity contribution is 5.63. The first-order chi connectivity index (χ1) is 10.7. The number of hydrogen-bond donors (Lipinski definition) is 0. The van der Waals surface area contributed by atoms with Gasteiger partial charge in [-0.15, -0.1) is 0 Å². The zero-order valence-corrected chi connectivity index (χ0v) is 12.5. The number of ether oxygens (including phenoxy) is 1. The van der Waals surface area contributed by atoms with Gasteiger partial charge in [-0.25, -0.2) is 9.37 Å². The van der Waals surface area contributed by atoms with Crippen LogP contribution in [-0.4, -0.2) is 41.7 Å². The van der Waals surface area contributed by atoms with E-state index < -0.39 is 6.67 Å². The number of fused-ring (bicyclic) bond motifs is 1. The molecule has 6 heteroatoms. The van der Waals surface area contributed by atoms with Gasteiger partial charge in [-0.2, -0.15) is 4.98 Å². The number of benzene rings is 1. The van der Waals surface area contributed by atoms with Crippen LogP contribution in [0.1, 0.15) is 0 Å². The third-order valence-corrected chi connectivity index (χ3v) is 3.49. The fraction of sp³-hybridized carbons (Fsp3) is 0.250. The zero-order chi connectivity index (χ0) is 15.5. The van der Waals surface area contributed by atoms with Crippen molar-refractivity contribution in [1.29, 1.82) is 0 Å². The van der Waals surface area contributed by atoms with E-state index in [9.17, 15) is 4.39 Å². The van der Waals surface area contributed by atoms with Crippen LogP contribution in [0.4, 0.5) is 10.2 Å². The van der Waals surface area contributed by atoms with E-state index >= 15 is 0 Å². The maximum absolute atomic E-state index is 12.4. The summed E-state index contributed by atoms with van der Waals surface area (Å²) in [5.74, 6) is 2.07. The van der Waals surface area contributed by atoms with Gasteiger partial charge < -0.3 is 9.64 Å². The van der Waals surface area contributed by atoms with E-state index in [1.807, 2.05) is 54.2 Å². The lowest BCUT2D eigenvalue weighted by Crippen LogP contribution is -2.21. The Morgan fingerprint density at radius 1 is 1.27 bits per heavy atom. The smallest absolute Gasteiger partial charge is 0.236 e. The van der Waals surface area contributed by atoms with E-state index in [0.29, 0.717) is 18.1 Å². The Morgan fingerprint density at radius 2 is 2.14 bits per heavy atom. The van der Waals surface area contributed by atoms with Crippen LogP contribution in [0.25, 0.3) is 17.0 Å². The van der Waals surface area contributed by atoms with Crippen LogP contribution < -0.4 is 9.64 Å². The number of imidazole rings is 1. The third kappa shape index (κ3) is 2.72. The number of rotatable bonds is 5. The molecule has 22 heavy (non-hydrogen) atoms. The molecule has 0 fully saturated rings. The van der Waals surface area contributed by atoms with Crippen molar-refractivity contribution in [3.05, 3.63) is 42.7 Å². The summed E-state index contributed by atoms with van der Waals surface area (Å²) in [4.78, 5) is 10.8. The molecule has 0 radical (unpaired) electrons. The minimum atomic E-state index is -0.410. The Hall–Kier alpha value is -2.63. The lowest BCUT2D eigenvalue weighted by Gasteiger charge is -2.15. The van der Waals surface area contributed by atoms with Gasteiger partial charge in [-0.3, -0.25) is 4.40 Å². The van der Waals surface area contributed by atoms with Gasteiger partial charge in [0.1, 0.15) is 18.2 Å². The van der Waals surface area contributed by atoms with Gasteiger partial charge in [0.05, 0.1) is 12.8 Å². The number of methoxy groups -OCH3 is 1. The summed E-state index contributed by atoms with van der Waals surface area (Å²) in [7, 11) is 3.45. The number of anilines is 1. The molecule has 3 aromatic rings. The fourth-order valence-electron chi connectivity index (χ4n) is 2.24. The second-order valence-corrected chi connectivity index (χ2v) is 4.96. The highest BCUT2D eigenvalue weighted by atomic mass is 19.1. The average molecular weight is 300 g/mol. The standard InChI is InChI=1S/C16H17FN4O/c1-20(9-7-17)15-6-8-21-11-14(18-16(21)19-15)12-4-3-5-13(10-12)22-2/h3-6,8,10-11H,7,9H2,1-2H3. The van der Waals surface area contributed by atoms with Gasteiger partial charge in [0, 0.05) is 31.5 Å². The van der Waals surface area contributed by atoms with Crippen LogP contribution in [0.3, 0.4) is 0 Å². The van der Waals surface area contributed by atoms with Crippen LogP contribution in [0, 0.1) is 0 Å². The van der Waals surface area contributed by atoms with Crippen LogP contribution in [0.15, 0.2) is 42.7 Å². The molecule has 0 unspecified atom stereocenters. The highest BCUT2D eigenvalue weighted by Gasteiger charge is 2.09. The molecule has 2 heterocycles. The van der Waals surface area contributed by atoms with Crippen LogP contribution in [0.2, 0.25) is 0 Å². The molecule has 0 aliphatic carbocycles. The number of halogens is 1. The molecule has 114 valence electrons. The number of alkyl halides is 1. The fourth-order valence-corrected chi connectivity index (χ4v) is 2.24. The minimum Gasteiger partial charge on any atom is -0.497 e. The molecule has 0 aliphatic heterocycles. The normalized spacial score (nSPS) is 10.9. The first kappa shape index (κ1) is 14.3. The van der Waals surface area contributed by atoms with Crippen molar-refractivity contribution < 1.29 is 9.13 Å². The summed E-state index contributed by atoms with van der Waals surface area (Å²) < 4.78 is 19.5. The summed E-state index contributed by atoms with van der Waals surface area (Å²) in [6.45, 7) is -0.0977. The van der Waals surface area contributed by atoms with E-state index in [1.165, 1.54) is 0 Å². The summed E-state index contributed by atoms with van der Waals surface area (Å²) in [5.41, 5.74) is 1.78. The van der Waals surface area contributed by atoms with E-state index in [0.717, 1.165) is 17.0 Å². The quantitative estimate of drug-likeness (QED) is 0.726. The molecule has 0 N–H and O–H groups in total. The monoisotopic (exact) mass is 300 g/mol. The van der Waals surface area contributed by atoms with E-state index in [1.54, 1.807) is 12.0 Å².